The lowest BCUT2D eigenvalue weighted by atomic mass is 10.1. The summed E-state index contributed by atoms with van der Waals surface area (Å²) in [6.45, 7) is 6.11. The number of amides is 1. The van der Waals surface area contributed by atoms with Crippen LogP contribution in [0, 0.1) is 0 Å². The molecule has 0 saturated carbocycles. The van der Waals surface area contributed by atoms with Crippen LogP contribution >= 0.6 is 0 Å². The van der Waals surface area contributed by atoms with Gasteiger partial charge in [-0.15, -0.1) is 0 Å². The number of phenolic OH excluding ortho intramolecular Hbond substituents is 1. The standard InChI is InChI=1S/C20H19NO6/c1-12(2)19(24)21-15-8-9-18(27-13(3)22)16(10-15)20(25)26-11-14-6-4-5-7-17(14)23/h4-10,23H,1,11H2,2-3H3,(H,21,24). The number of hydrogen-bond donors (Lipinski definition) is 2. The number of hydrogen-bond acceptors (Lipinski definition) is 6. The van der Waals surface area contributed by atoms with E-state index in [9.17, 15) is 19.5 Å². The maximum atomic E-state index is 12.5. The van der Waals surface area contributed by atoms with Crippen LogP contribution in [-0.2, 0) is 20.9 Å². The largest absolute Gasteiger partial charge is 0.508 e. The van der Waals surface area contributed by atoms with E-state index in [1.807, 2.05) is 0 Å². The van der Waals surface area contributed by atoms with E-state index in [1.165, 1.54) is 31.2 Å². The van der Waals surface area contributed by atoms with E-state index in [1.54, 1.807) is 25.1 Å². The van der Waals surface area contributed by atoms with Crippen molar-refractivity contribution in [2.75, 3.05) is 5.32 Å². The monoisotopic (exact) mass is 369 g/mol. The fraction of sp³-hybridized carbons (Fsp3) is 0.150. The Balaban J connectivity index is 2.25. The average Bonchev–Trinajstić information content (AvgIpc) is 2.61. The second kappa shape index (κ2) is 8.66. The summed E-state index contributed by atoms with van der Waals surface area (Å²) < 4.78 is 10.2. The summed E-state index contributed by atoms with van der Waals surface area (Å²) >= 11 is 0. The smallest absolute Gasteiger partial charge is 0.342 e. The van der Waals surface area contributed by atoms with Gasteiger partial charge in [-0.3, -0.25) is 9.59 Å². The van der Waals surface area contributed by atoms with Crippen molar-refractivity contribution >= 4 is 23.5 Å². The second-order valence-electron chi connectivity index (χ2n) is 5.74. The van der Waals surface area contributed by atoms with Gasteiger partial charge in [-0.05, 0) is 31.2 Å². The Morgan fingerprint density at radius 2 is 1.81 bits per heavy atom. The first-order valence-corrected chi connectivity index (χ1v) is 8.01. The van der Waals surface area contributed by atoms with Gasteiger partial charge in [-0.25, -0.2) is 4.79 Å². The van der Waals surface area contributed by atoms with Gasteiger partial charge in [-0.2, -0.15) is 0 Å². The number of anilines is 1. The van der Waals surface area contributed by atoms with E-state index in [0.29, 0.717) is 16.8 Å². The Morgan fingerprint density at radius 3 is 2.44 bits per heavy atom. The molecule has 2 aromatic rings. The van der Waals surface area contributed by atoms with Crippen molar-refractivity contribution in [1.29, 1.82) is 0 Å². The number of rotatable bonds is 6. The molecule has 7 heteroatoms. The lowest BCUT2D eigenvalue weighted by molar-refractivity contribution is -0.131. The summed E-state index contributed by atoms with van der Waals surface area (Å²) in [5, 5.41) is 12.3. The van der Waals surface area contributed by atoms with Gasteiger partial charge in [-0.1, -0.05) is 24.8 Å². The zero-order chi connectivity index (χ0) is 20.0. The lowest BCUT2D eigenvalue weighted by Gasteiger charge is -2.12. The summed E-state index contributed by atoms with van der Waals surface area (Å²) in [6.07, 6.45) is 0. The minimum absolute atomic E-state index is 0.00175. The Hall–Kier alpha value is -3.61. The number of aromatic hydroxyl groups is 1. The van der Waals surface area contributed by atoms with Crippen molar-refractivity contribution in [1.82, 2.24) is 0 Å². The molecule has 0 spiro atoms. The van der Waals surface area contributed by atoms with Crippen molar-refractivity contribution in [2.24, 2.45) is 0 Å². The Labute approximate surface area is 156 Å². The number of esters is 2. The van der Waals surface area contributed by atoms with E-state index in [0.717, 1.165) is 0 Å². The highest BCUT2D eigenvalue weighted by Gasteiger charge is 2.18. The van der Waals surface area contributed by atoms with Gasteiger partial charge in [0.1, 0.15) is 23.7 Å². The molecule has 1 amide bonds. The third-order valence-corrected chi connectivity index (χ3v) is 3.45. The molecule has 0 heterocycles. The molecule has 0 aromatic heterocycles. The third-order valence-electron chi connectivity index (χ3n) is 3.45. The predicted molar refractivity (Wildman–Crippen MR) is 98.4 cm³/mol. The van der Waals surface area contributed by atoms with Crippen LogP contribution < -0.4 is 10.1 Å². The minimum atomic E-state index is -0.777. The molecule has 2 N–H and O–H groups in total. The van der Waals surface area contributed by atoms with Crippen molar-refractivity contribution in [3.8, 4) is 11.5 Å². The molecule has 0 saturated heterocycles. The number of para-hydroxylation sites is 1. The summed E-state index contributed by atoms with van der Waals surface area (Å²) in [7, 11) is 0. The number of carbonyl (C=O) groups excluding carboxylic acids is 3. The van der Waals surface area contributed by atoms with Crippen molar-refractivity contribution in [3.63, 3.8) is 0 Å². The molecule has 140 valence electrons. The first-order valence-electron chi connectivity index (χ1n) is 8.01. The molecule has 2 rings (SSSR count). The Morgan fingerprint density at radius 1 is 1.11 bits per heavy atom. The quantitative estimate of drug-likeness (QED) is 0.461. The molecule has 0 fully saturated rings. The van der Waals surface area contributed by atoms with Gasteiger partial charge in [0, 0.05) is 23.7 Å². The number of phenols is 1. The average molecular weight is 369 g/mol. The molecule has 0 radical (unpaired) electrons. The number of carbonyl (C=O) groups is 3. The zero-order valence-corrected chi connectivity index (χ0v) is 14.9. The van der Waals surface area contributed by atoms with E-state index in [4.69, 9.17) is 9.47 Å². The molecule has 7 nitrogen and oxygen atoms in total. The van der Waals surface area contributed by atoms with Gasteiger partial charge >= 0.3 is 11.9 Å². The molecule has 0 unspecified atom stereocenters. The Kier molecular flexibility index (Phi) is 6.32. The molecular weight excluding hydrogens is 350 g/mol. The molecule has 0 aliphatic rings. The first kappa shape index (κ1) is 19.7. The van der Waals surface area contributed by atoms with E-state index in [-0.39, 0.29) is 23.7 Å². The fourth-order valence-electron chi connectivity index (χ4n) is 2.10. The van der Waals surface area contributed by atoms with Crippen molar-refractivity contribution in [2.45, 2.75) is 20.5 Å². The summed E-state index contributed by atoms with van der Waals surface area (Å²) in [4.78, 5) is 35.5. The summed E-state index contributed by atoms with van der Waals surface area (Å²) in [6, 6.07) is 10.6. The molecule has 0 atom stereocenters. The lowest BCUT2D eigenvalue weighted by Crippen LogP contribution is -2.14. The highest BCUT2D eigenvalue weighted by molar-refractivity contribution is 6.04. The van der Waals surface area contributed by atoms with Gasteiger partial charge in [0.2, 0.25) is 0 Å². The summed E-state index contributed by atoms with van der Waals surface area (Å²) in [5.74, 6) is -1.81. The van der Waals surface area contributed by atoms with Crippen LogP contribution in [0.3, 0.4) is 0 Å². The Bertz CT molecular complexity index is 903. The van der Waals surface area contributed by atoms with E-state index in [2.05, 4.69) is 11.9 Å². The molecule has 2 aromatic carbocycles. The number of nitrogens with one attached hydrogen (secondary N) is 1. The van der Waals surface area contributed by atoms with E-state index >= 15 is 0 Å². The highest BCUT2D eigenvalue weighted by atomic mass is 16.5. The van der Waals surface area contributed by atoms with Crippen LogP contribution in [0.4, 0.5) is 5.69 Å². The van der Waals surface area contributed by atoms with Crippen LogP contribution in [0.2, 0.25) is 0 Å². The maximum absolute atomic E-state index is 12.5. The summed E-state index contributed by atoms with van der Waals surface area (Å²) in [5.41, 5.74) is 0.989. The SMILES string of the molecule is C=C(C)C(=O)Nc1ccc(OC(C)=O)c(C(=O)OCc2ccccc2O)c1. The van der Waals surface area contributed by atoms with Gasteiger partial charge in [0.05, 0.1) is 0 Å². The molecule has 27 heavy (non-hydrogen) atoms. The maximum Gasteiger partial charge on any atom is 0.342 e. The molecule has 0 aliphatic carbocycles. The van der Waals surface area contributed by atoms with Crippen LogP contribution in [0.25, 0.3) is 0 Å². The van der Waals surface area contributed by atoms with Crippen molar-refractivity contribution < 1.29 is 29.0 Å². The molecule has 0 bridgehead atoms. The number of ether oxygens (including phenoxy) is 2. The van der Waals surface area contributed by atoms with Gasteiger partial charge in [0.25, 0.3) is 5.91 Å². The first-order chi connectivity index (χ1) is 12.8. The second-order valence-corrected chi connectivity index (χ2v) is 5.74. The topological polar surface area (TPSA) is 102 Å². The third kappa shape index (κ3) is 5.43. The highest BCUT2D eigenvalue weighted by Crippen LogP contribution is 2.25. The van der Waals surface area contributed by atoms with Crippen LogP contribution in [0.15, 0.2) is 54.6 Å². The van der Waals surface area contributed by atoms with Gasteiger partial charge < -0.3 is 19.9 Å². The predicted octanol–water partition coefficient (Wildman–Crippen LogP) is 3.19. The molecule has 0 aliphatic heterocycles. The zero-order valence-electron chi connectivity index (χ0n) is 14.9. The van der Waals surface area contributed by atoms with Crippen molar-refractivity contribution in [3.05, 3.63) is 65.7 Å². The number of benzene rings is 2. The van der Waals surface area contributed by atoms with E-state index < -0.39 is 17.8 Å². The van der Waals surface area contributed by atoms with Crippen LogP contribution in [0.1, 0.15) is 29.8 Å². The molecular formula is C20H19NO6. The van der Waals surface area contributed by atoms with Crippen LogP contribution in [0.5, 0.6) is 11.5 Å². The normalized spacial score (nSPS) is 10.0. The van der Waals surface area contributed by atoms with Gasteiger partial charge in [0.15, 0.2) is 0 Å². The minimum Gasteiger partial charge on any atom is -0.508 e. The van der Waals surface area contributed by atoms with Crippen LogP contribution in [-0.4, -0.2) is 23.0 Å². The fourth-order valence-corrected chi connectivity index (χ4v) is 2.10.